The van der Waals surface area contributed by atoms with Gasteiger partial charge in [-0.3, -0.25) is 9.59 Å². The van der Waals surface area contributed by atoms with Gasteiger partial charge < -0.3 is 19.8 Å². The predicted molar refractivity (Wildman–Crippen MR) is 67.1 cm³/mol. The maximum absolute atomic E-state index is 11.7. The SMILES string of the molecule is O=C1CC(C(=O)NCCCOCc2ccco2)CN1. The normalized spacial score (nSPS) is 18.3. The van der Waals surface area contributed by atoms with Gasteiger partial charge in [0.15, 0.2) is 0 Å². The number of nitrogens with one attached hydrogen (secondary N) is 2. The standard InChI is InChI=1S/C13H18N2O4/c16-12-7-10(8-15-12)13(17)14-4-2-5-18-9-11-3-1-6-19-11/h1,3,6,10H,2,4-5,7-9H2,(H,14,17)(H,15,16). The highest BCUT2D eigenvalue weighted by atomic mass is 16.5. The van der Waals surface area contributed by atoms with E-state index in [1.165, 1.54) is 0 Å². The summed E-state index contributed by atoms with van der Waals surface area (Å²) in [5.74, 6) is 0.447. The summed E-state index contributed by atoms with van der Waals surface area (Å²) in [6.45, 7) is 2.01. The lowest BCUT2D eigenvalue weighted by molar-refractivity contribution is -0.126. The molecule has 6 nitrogen and oxygen atoms in total. The number of carbonyl (C=O) groups is 2. The zero-order valence-electron chi connectivity index (χ0n) is 10.7. The van der Waals surface area contributed by atoms with E-state index in [1.54, 1.807) is 6.26 Å². The van der Waals surface area contributed by atoms with Crippen LogP contribution in [0.2, 0.25) is 0 Å². The lowest BCUT2D eigenvalue weighted by atomic mass is 10.1. The molecule has 1 aliphatic heterocycles. The fourth-order valence-corrected chi connectivity index (χ4v) is 1.89. The third-order valence-electron chi connectivity index (χ3n) is 2.94. The van der Waals surface area contributed by atoms with Gasteiger partial charge >= 0.3 is 0 Å². The summed E-state index contributed by atoms with van der Waals surface area (Å²) in [7, 11) is 0. The molecule has 104 valence electrons. The van der Waals surface area contributed by atoms with Crippen LogP contribution in [0, 0.1) is 5.92 Å². The second kappa shape index (κ2) is 6.94. The first-order valence-electron chi connectivity index (χ1n) is 6.40. The molecule has 0 aromatic carbocycles. The summed E-state index contributed by atoms with van der Waals surface area (Å²) in [4.78, 5) is 22.6. The summed E-state index contributed by atoms with van der Waals surface area (Å²) < 4.78 is 10.5. The molecule has 2 N–H and O–H groups in total. The third kappa shape index (κ3) is 4.40. The van der Waals surface area contributed by atoms with Crippen LogP contribution >= 0.6 is 0 Å². The maximum Gasteiger partial charge on any atom is 0.225 e. The first kappa shape index (κ1) is 13.6. The van der Waals surface area contributed by atoms with Gasteiger partial charge in [-0.2, -0.15) is 0 Å². The van der Waals surface area contributed by atoms with Crippen molar-refractivity contribution in [2.75, 3.05) is 19.7 Å². The minimum Gasteiger partial charge on any atom is -0.467 e. The van der Waals surface area contributed by atoms with Gasteiger partial charge in [0.2, 0.25) is 11.8 Å². The lowest BCUT2D eigenvalue weighted by Crippen LogP contribution is -2.32. The van der Waals surface area contributed by atoms with E-state index >= 15 is 0 Å². The van der Waals surface area contributed by atoms with E-state index in [0.717, 1.165) is 12.2 Å². The number of hydrogen-bond donors (Lipinski definition) is 2. The molecule has 2 heterocycles. The molecule has 6 heteroatoms. The Morgan fingerprint density at radius 3 is 3.16 bits per heavy atom. The van der Waals surface area contributed by atoms with Crippen LogP contribution in [0.5, 0.6) is 0 Å². The van der Waals surface area contributed by atoms with Crippen molar-refractivity contribution in [1.29, 1.82) is 0 Å². The largest absolute Gasteiger partial charge is 0.467 e. The van der Waals surface area contributed by atoms with E-state index in [0.29, 0.717) is 32.7 Å². The first-order chi connectivity index (χ1) is 9.25. The van der Waals surface area contributed by atoms with Crippen molar-refractivity contribution in [3.63, 3.8) is 0 Å². The molecule has 1 aromatic rings. The molecule has 0 spiro atoms. The van der Waals surface area contributed by atoms with Crippen LogP contribution in [0.3, 0.4) is 0 Å². The van der Waals surface area contributed by atoms with Crippen LogP contribution in [0.25, 0.3) is 0 Å². The van der Waals surface area contributed by atoms with E-state index in [1.807, 2.05) is 12.1 Å². The zero-order valence-corrected chi connectivity index (χ0v) is 10.7. The van der Waals surface area contributed by atoms with Gasteiger partial charge in [0.25, 0.3) is 0 Å². The van der Waals surface area contributed by atoms with Crippen molar-refractivity contribution in [1.82, 2.24) is 10.6 Å². The van der Waals surface area contributed by atoms with Crippen LogP contribution in [-0.4, -0.2) is 31.5 Å². The van der Waals surface area contributed by atoms with Gasteiger partial charge in [-0.15, -0.1) is 0 Å². The van der Waals surface area contributed by atoms with E-state index < -0.39 is 0 Å². The fourth-order valence-electron chi connectivity index (χ4n) is 1.89. The summed E-state index contributed by atoms with van der Waals surface area (Å²) in [6, 6.07) is 3.67. The minimum atomic E-state index is -0.225. The summed E-state index contributed by atoms with van der Waals surface area (Å²) in [5, 5.41) is 5.45. The average molecular weight is 266 g/mol. The second-order valence-corrected chi connectivity index (χ2v) is 4.48. The summed E-state index contributed by atoms with van der Waals surface area (Å²) in [6.07, 6.45) is 2.64. The molecule has 0 aliphatic carbocycles. The maximum atomic E-state index is 11.7. The average Bonchev–Trinajstić information content (AvgIpc) is 3.04. The van der Waals surface area contributed by atoms with Crippen molar-refractivity contribution >= 4 is 11.8 Å². The van der Waals surface area contributed by atoms with Gasteiger partial charge in [-0.25, -0.2) is 0 Å². The number of rotatable bonds is 7. The van der Waals surface area contributed by atoms with Crippen molar-refractivity contribution in [3.8, 4) is 0 Å². The van der Waals surface area contributed by atoms with Gasteiger partial charge in [-0.1, -0.05) is 0 Å². The molecule has 2 rings (SSSR count). The number of hydrogen-bond acceptors (Lipinski definition) is 4. The quantitative estimate of drug-likeness (QED) is 0.702. The number of carbonyl (C=O) groups excluding carboxylic acids is 2. The molecule has 0 bridgehead atoms. The van der Waals surface area contributed by atoms with Crippen molar-refractivity contribution in [2.45, 2.75) is 19.4 Å². The Kier molecular flexibility index (Phi) is 4.97. The molecular formula is C13H18N2O4. The van der Waals surface area contributed by atoms with E-state index in [-0.39, 0.29) is 17.7 Å². The molecular weight excluding hydrogens is 248 g/mol. The molecule has 1 atom stereocenters. The Morgan fingerprint density at radius 1 is 1.58 bits per heavy atom. The monoisotopic (exact) mass is 266 g/mol. The fraction of sp³-hybridized carbons (Fsp3) is 0.538. The predicted octanol–water partition coefficient (Wildman–Crippen LogP) is 0.439. The molecule has 1 saturated heterocycles. The van der Waals surface area contributed by atoms with E-state index in [2.05, 4.69) is 10.6 Å². The molecule has 1 unspecified atom stereocenters. The lowest BCUT2D eigenvalue weighted by Gasteiger charge is -2.08. The zero-order chi connectivity index (χ0) is 13.5. The smallest absolute Gasteiger partial charge is 0.225 e. The van der Waals surface area contributed by atoms with Crippen LogP contribution in [0.4, 0.5) is 0 Å². The van der Waals surface area contributed by atoms with Crippen LogP contribution in [0.15, 0.2) is 22.8 Å². The second-order valence-electron chi connectivity index (χ2n) is 4.48. The Labute approximate surface area is 111 Å². The summed E-state index contributed by atoms with van der Waals surface area (Å²) in [5.41, 5.74) is 0. The van der Waals surface area contributed by atoms with E-state index in [4.69, 9.17) is 9.15 Å². The number of ether oxygens (including phenoxy) is 1. The van der Waals surface area contributed by atoms with Gasteiger partial charge in [0, 0.05) is 26.1 Å². The number of amides is 2. The van der Waals surface area contributed by atoms with Crippen molar-refractivity contribution in [3.05, 3.63) is 24.2 Å². The van der Waals surface area contributed by atoms with Crippen LogP contribution in [-0.2, 0) is 20.9 Å². The molecule has 1 fully saturated rings. The molecule has 1 aromatic heterocycles. The Hall–Kier alpha value is -1.82. The first-order valence-corrected chi connectivity index (χ1v) is 6.40. The minimum absolute atomic E-state index is 0.0538. The molecule has 2 amide bonds. The Bertz CT molecular complexity index is 416. The Balaban J connectivity index is 1.50. The van der Waals surface area contributed by atoms with Crippen LogP contribution in [0.1, 0.15) is 18.6 Å². The highest BCUT2D eigenvalue weighted by Gasteiger charge is 2.27. The van der Waals surface area contributed by atoms with Crippen LogP contribution < -0.4 is 10.6 Å². The van der Waals surface area contributed by atoms with E-state index in [9.17, 15) is 9.59 Å². The third-order valence-corrected chi connectivity index (χ3v) is 2.94. The topological polar surface area (TPSA) is 80.6 Å². The van der Waals surface area contributed by atoms with Gasteiger partial charge in [0.1, 0.15) is 12.4 Å². The van der Waals surface area contributed by atoms with Gasteiger partial charge in [-0.05, 0) is 18.6 Å². The number of furan rings is 1. The highest BCUT2D eigenvalue weighted by molar-refractivity contribution is 5.89. The Morgan fingerprint density at radius 2 is 2.47 bits per heavy atom. The molecule has 0 saturated carbocycles. The van der Waals surface area contributed by atoms with Crippen molar-refractivity contribution < 1.29 is 18.7 Å². The van der Waals surface area contributed by atoms with Gasteiger partial charge in [0.05, 0.1) is 12.2 Å². The molecule has 1 aliphatic rings. The molecule has 19 heavy (non-hydrogen) atoms. The molecule has 0 radical (unpaired) electrons. The summed E-state index contributed by atoms with van der Waals surface area (Å²) >= 11 is 0. The highest BCUT2D eigenvalue weighted by Crippen LogP contribution is 2.08. The van der Waals surface area contributed by atoms with Crippen molar-refractivity contribution in [2.24, 2.45) is 5.92 Å².